The number of anilines is 1. The van der Waals surface area contributed by atoms with Crippen molar-refractivity contribution in [2.45, 2.75) is 58.3 Å². The van der Waals surface area contributed by atoms with Gasteiger partial charge in [0.05, 0.1) is 6.61 Å². The lowest BCUT2D eigenvalue weighted by atomic mass is 10.2. The number of nitrogens with one attached hydrogen (secondary N) is 1. The first-order chi connectivity index (χ1) is 14.3. The molecule has 1 N–H and O–H groups in total. The number of rotatable bonds is 12. The lowest BCUT2D eigenvalue weighted by Crippen LogP contribution is -2.31. The van der Waals surface area contributed by atoms with Crippen molar-refractivity contribution in [3.05, 3.63) is 29.9 Å². The number of carbonyl (C=O) groups is 1. The molecule has 0 aliphatic carbocycles. The van der Waals surface area contributed by atoms with Crippen LogP contribution in [-0.2, 0) is 27.7 Å². The molecule has 0 fully saturated rings. The van der Waals surface area contributed by atoms with E-state index in [0.29, 0.717) is 56.4 Å². The van der Waals surface area contributed by atoms with Gasteiger partial charge in [0.15, 0.2) is 5.82 Å². The van der Waals surface area contributed by atoms with E-state index in [4.69, 9.17) is 9.26 Å². The van der Waals surface area contributed by atoms with Crippen LogP contribution in [0.5, 0.6) is 5.75 Å². The molecule has 0 atom stereocenters. The smallest absolute Gasteiger partial charge is 0.246 e. The fourth-order valence-electron chi connectivity index (χ4n) is 2.92. The summed E-state index contributed by atoms with van der Waals surface area (Å²) in [5.41, 5.74) is 0.403. The third kappa shape index (κ3) is 6.02. The van der Waals surface area contributed by atoms with Gasteiger partial charge < -0.3 is 14.6 Å². The van der Waals surface area contributed by atoms with Crippen molar-refractivity contribution in [2.75, 3.05) is 25.0 Å². The molecule has 1 heterocycles. The Morgan fingerprint density at radius 2 is 1.93 bits per heavy atom. The Kier molecular flexibility index (Phi) is 8.79. The molecule has 1 aromatic heterocycles. The van der Waals surface area contributed by atoms with E-state index in [1.165, 1.54) is 10.4 Å². The number of ether oxygens (including phenoxy) is 1. The molecule has 1 aromatic carbocycles. The minimum absolute atomic E-state index is 0.0452. The molecular weight excluding hydrogens is 408 g/mol. The molecule has 0 unspecified atom stereocenters. The summed E-state index contributed by atoms with van der Waals surface area (Å²) in [7, 11) is -3.74. The second-order valence-corrected chi connectivity index (χ2v) is 8.45. The summed E-state index contributed by atoms with van der Waals surface area (Å²) < 4.78 is 38.0. The number of carbonyl (C=O) groups excluding carboxylic acids is 1. The van der Waals surface area contributed by atoms with Gasteiger partial charge in [0, 0.05) is 38.0 Å². The maximum atomic E-state index is 13.0. The molecule has 0 bridgehead atoms. The number of sulfonamides is 1. The lowest BCUT2D eigenvalue weighted by molar-refractivity contribution is -0.116. The first-order valence-electron chi connectivity index (χ1n) is 10.2. The van der Waals surface area contributed by atoms with Crippen molar-refractivity contribution >= 4 is 21.6 Å². The number of aryl methyl sites for hydroxylation is 2. The molecule has 0 saturated heterocycles. The number of aromatic nitrogens is 2. The van der Waals surface area contributed by atoms with Crippen molar-refractivity contribution < 1.29 is 22.5 Å². The Hall–Kier alpha value is -2.46. The minimum Gasteiger partial charge on any atom is -0.492 e. The Bertz CT molecular complexity index is 938. The molecule has 10 heteroatoms. The van der Waals surface area contributed by atoms with E-state index in [2.05, 4.69) is 15.5 Å². The number of hydrogen-bond acceptors (Lipinski definition) is 7. The van der Waals surface area contributed by atoms with Crippen molar-refractivity contribution in [3.63, 3.8) is 0 Å². The van der Waals surface area contributed by atoms with Crippen molar-refractivity contribution in [1.82, 2.24) is 14.4 Å². The molecule has 0 aliphatic heterocycles. The highest BCUT2D eigenvalue weighted by Gasteiger charge is 2.26. The van der Waals surface area contributed by atoms with E-state index in [1.54, 1.807) is 32.9 Å². The lowest BCUT2D eigenvalue weighted by Gasteiger charge is -2.21. The Balaban J connectivity index is 2.08. The van der Waals surface area contributed by atoms with Crippen molar-refractivity contribution in [1.29, 1.82) is 0 Å². The van der Waals surface area contributed by atoms with Crippen LogP contribution in [0.3, 0.4) is 0 Å². The number of hydrogen-bond donors (Lipinski definition) is 1. The van der Waals surface area contributed by atoms with Crippen LogP contribution in [0, 0.1) is 0 Å². The molecule has 166 valence electrons. The quantitative estimate of drug-likeness (QED) is 0.542. The van der Waals surface area contributed by atoms with E-state index in [9.17, 15) is 13.2 Å². The first kappa shape index (κ1) is 23.8. The molecule has 0 saturated carbocycles. The largest absolute Gasteiger partial charge is 0.492 e. The predicted molar refractivity (Wildman–Crippen MR) is 113 cm³/mol. The number of benzene rings is 1. The van der Waals surface area contributed by atoms with Crippen LogP contribution in [0.4, 0.5) is 5.69 Å². The summed E-state index contributed by atoms with van der Waals surface area (Å²) in [5, 5.41) is 6.58. The van der Waals surface area contributed by atoms with Crippen molar-refractivity contribution in [2.24, 2.45) is 0 Å². The van der Waals surface area contributed by atoms with E-state index < -0.39 is 10.0 Å². The van der Waals surface area contributed by atoms with Crippen LogP contribution >= 0.6 is 0 Å². The topological polar surface area (TPSA) is 115 Å². The average Bonchev–Trinajstić information content (AvgIpc) is 3.18. The zero-order chi connectivity index (χ0) is 22.1. The molecule has 0 aliphatic rings. The molecule has 2 aromatic rings. The summed E-state index contributed by atoms with van der Waals surface area (Å²) >= 11 is 0. The highest BCUT2D eigenvalue weighted by Crippen LogP contribution is 2.30. The third-order valence-electron chi connectivity index (χ3n) is 4.47. The van der Waals surface area contributed by atoms with Crippen LogP contribution < -0.4 is 10.1 Å². The van der Waals surface area contributed by atoms with Gasteiger partial charge >= 0.3 is 0 Å². The first-order valence-corrected chi connectivity index (χ1v) is 11.7. The maximum absolute atomic E-state index is 13.0. The SMILES string of the molecule is CCOc1ccc(NC(=O)CCCc2nc(CC)no2)cc1S(=O)(=O)N(CC)CC. The molecule has 1 amide bonds. The summed E-state index contributed by atoms with van der Waals surface area (Å²) in [6.45, 7) is 8.30. The van der Waals surface area contributed by atoms with Crippen molar-refractivity contribution in [3.8, 4) is 5.75 Å². The summed E-state index contributed by atoms with van der Waals surface area (Å²) in [5.74, 6) is 1.20. The second-order valence-electron chi connectivity index (χ2n) is 6.54. The standard InChI is InChI=1S/C20H30N4O5S/c1-5-18-22-20(29-23-18)11-9-10-19(25)21-15-12-13-16(28-8-4)17(14-15)30(26,27)24(6-2)7-3/h12-14H,5-11H2,1-4H3,(H,21,25). The Morgan fingerprint density at radius 1 is 1.20 bits per heavy atom. The van der Waals surface area contributed by atoms with Gasteiger partial charge in [0.1, 0.15) is 10.6 Å². The van der Waals surface area contributed by atoms with Gasteiger partial charge in [-0.25, -0.2) is 8.42 Å². The normalized spacial score (nSPS) is 11.6. The zero-order valence-electron chi connectivity index (χ0n) is 18.0. The fraction of sp³-hybridized carbons (Fsp3) is 0.550. The van der Waals surface area contributed by atoms with Gasteiger partial charge in [0.2, 0.25) is 21.8 Å². The van der Waals surface area contributed by atoms with Gasteiger partial charge in [-0.3, -0.25) is 4.79 Å². The molecule has 9 nitrogen and oxygen atoms in total. The molecule has 30 heavy (non-hydrogen) atoms. The number of nitrogens with zero attached hydrogens (tertiary/aromatic N) is 3. The van der Waals surface area contributed by atoms with Crippen LogP contribution in [-0.4, -0.2) is 48.5 Å². The third-order valence-corrected chi connectivity index (χ3v) is 6.54. The molecule has 0 spiro atoms. The predicted octanol–water partition coefficient (Wildman–Crippen LogP) is 3.02. The maximum Gasteiger partial charge on any atom is 0.246 e. The summed E-state index contributed by atoms with van der Waals surface area (Å²) in [4.78, 5) is 16.6. The van der Waals surface area contributed by atoms with Crippen LogP contribution in [0.2, 0.25) is 0 Å². The Labute approximate surface area is 177 Å². The molecular formula is C20H30N4O5S. The van der Waals surface area contributed by atoms with Gasteiger partial charge in [-0.1, -0.05) is 25.9 Å². The van der Waals surface area contributed by atoms with Crippen LogP contribution in [0.15, 0.2) is 27.6 Å². The minimum atomic E-state index is -3.74. The van der Waals surface area contributed by atoms with Crippen LogP contribution in [0.1, 0.15) is 52.3 Å². The molecule has 2 rings (SSSR count). The summed E-state index contributed by atoms with van der Waals surface area (Å²) in [6.07, 6.45) is 1.99. The average molecular weight is 439 g/mol. The van der Waals surface area contributed by atoms with E-state index in [1.807, 2.05) is 6.92 Å². The fourth-order valence-corrected chi connectivity index (χ4v) is 4.54. The zero-order valence-corrected chi connectivity index (χ0v) is 18.8. The van der Waals surface area contributed by atoms with Gasteiger partial charge in [-0.15, -0.1) is 0 Å². The molecule has 0 radical (unpaired) electrons. The highest BCUT2D eigenvalue weighted by molar-refractivity contribution is 7.89. The highest BCUT2D eigenvalue weighted by atomic mass is 32.2. The monoisotopic (exact) mass is 438 g/mol. The van der Waals surface area contributed by atoms with Crippen LogP contribution in [0.25, 0.3) is 0 Å². The van der Waals surface area contributed by atoms with Gasteiger partial charge in [-0.2, -0.15) is 9.29 Å². The van der Waals surface area contributed by atoms with Gasteiger partial charge in [-0.05, 0) is 31.5 Å². The van der Waals surface area contributed by atoms with E-state index >= 15 is 0 Å². The summed E-state index contributed by atoms with van der Waals surface area (Å²) in [6, 6.07) is 4.65. The Morgan fingerprint density at radius 3 is 2.53 bits per heavy atom. The number of amides is 1. The van der Waals surface area contributed by atoms with E-state index in [0.717, 1.165) is 0 Å². The van der Waals surface area contributed by atoms with E-state index in [-0.39, 0.29) is 23.0 Å². The second kappa shape index (κ2) is 11.1. The van der Waals surface area contributed by atoms with Gasteiger partial charge in [0.25, 0.3) is 0 Å².